The van der Waals surface area contributed by atoms with Gasteiger partial charge < -0.3 is 127 Å². The van der Waals surface area contributed by atoms with Crippen molar-refractivity contribution in [2.75, 3.05) is 31.1 Å². The van der Waals surface area contributed by atoms with E-state index in [4.69, 9.17) is 11.5 Å². The molecule has 0 aliphatic carbocycles. The fourth-order valence-electron chi connectivity index (χ4n) is 13.5. The number of amides is 17. The highest BCUT2D eigenvalue weighted by Gasteiger charge is 2.40. The molecule has 45 heteroatoms. The molecule has 17 amide bonds. The minimum atomic E-state index is -1.95. The zero-order chi connectivity index (χ0) is 96.1. The maximum absolute atomic E-state index is 15.3. The van der Waals surface area contributed by atoms with Crippen LogP contribution in [0.5, 0.6) is 23.0 Å². The van der Waals surface area contributed by atoms with Crippen molar-refractivity contribution in [1.29, 1.82) is 0 Å². The number of hydrogen-bond donors (Lipinski definition) is 24. The van der Waals surface area contributed by atoms with Crippen molar-refractivity contribution < 1.29 is 112 Å². The Morgan fingerprint density at radius 2 is 0.748 bits per heavy atom. The molecule has 1 aliphatic rings. The van der Waals surface area contributed by atoms with Gasteiger partial charge in [0.15, 0.2) is 0 Å². The Balaban J connectivity index is 1.30. The van der Waals surface area contributed by atoms with E-state index >= 15 is 19.2 Å². The van der Waals surface area contributed by atoms with Crippen LogP contribution < -0.4 is 91.2 Å². The SMILES string of the molecule is CC[C@H](C)[C@@H]1NC(=O)[C@H](CC(N)=O)NC(=O)[C@H](Cc2ccc(O)cc2)NC(=O)[C@H](Cc2ccc(O)cc2)NC(=O)[C@H](Cc2c[nH]cn2)NC(=O)[C@H](Cc2c[nH]cn2)NC(=O)[C@H](Cc2ccc(O)cc2)NC(=O)CSC[C@@H](C(=O)NCC(N)=O)NC(=O)CNC(=O)[C@H](CC(C)C)NC(=O)[C@H](CCC(=O)O)NC(=O)CNC(=O)[C@H](Cc2ccc(O)cc2)NC(=O)[C@H](CC(C)C)NC1=O. The summed E-state index contributed by atoms with van der Waals surface area (Å²) in [6, 6.07) is 1.47. The number of carboxylic acids is 1. The number of carboxylic acid groups (broad SMARTS) is 1. The average Bonchev–Trinajstić information content (AvgIpc) is 1.68. The van der Waals surface area contributed by atoms with Gasteiger partial charge in [0, 0.05) is 63.1 Å². The smallest absolute Gasteiger partial charge is 0.303 e. The molecule has 3 heterocycles. The van der Waals surface area contributed by atoms with Gasteiger partial charge in [0.05, 0.1) is 55.9 Å². The van der Waals surface area contributed by atoms with Crippen LogP contribution in [0.1, 0.15) is 114 Å². The lowest BCUT2D eigenvalue weighted by molar-refractivity contribution is -0.138. The number of aliphatic carboxylic acids is 1. The van der Waals surface area contributed by atoms with Crippen LogP contribution in [0.2, 0.25) is 0 Å². The molecular weight excluding hydrogens is 1730 g/mol. The zero-order valence-electron chi connectivity index (χ0n) is 72.8. The van der Waals surface area contributed by atoms with E-state index in [1.165, 1.54) is 122 Å². The van der Waals surface area contributed by atoms with Crippen molar-refractivity contribution >= 4 is 118 Å². The molecule has 0 saturated carbocycles. The number of carbonyl (C=O) groups excluding carboxylic acids is 17. The van der Waals surface area contributed by atoms with Gasteiger partial charge in [0.2, 0.25) is 100 Å². The second kappa shape index (κ2) is 51.3. The van der Waals surface area contributed by atoms with Crippen LogP contribution in [0.25, 0.3) is 0 Å². The van der Waals surface area contributed by atoms with Crippen molar-refractivity contribution in [3.63, 3.8) is 0 Å². The number of phenolic OH excluding ortho intramolecular Hbond substituents is 4. The first-order valence-corrected chi connectivity index (χ1v) is 43.2. The third-order valence-electron chi connectivity index (χ3n) is 20.5. The number of nitrogens with one attached hydrogen (secondary N) is 17. The van der Waals surface area contributed by atoms with E-state index in [1.807, 2.05) is 0 Å². The number of nitrogens with zero attached hydrogens (tertiary/aromatic N) is 2. The third kappa shape index (κ3) is 35.8. The van der Waals surface area contributed by atoms with Crippen molar-refractivity contribution in [2.24, 2.45) is 29.2 Å². The Hall–Kier alpha value is -14.7. The van der Waals surface area contributed by atoms with E-state index in [-0.39, 0.29) is 78.0 Å². The molecule has 26 N–H and O–H groups in total. The number of nitrogens with two attached hydrogens (primary N) is 2. The van der Waals surface area contributed by atoms with Crippen molar-refractivity contribution in [3.8, 4) is 23.0 Å². The van der Waals surface area contributed by atoms with Crippen LogP contribution in [0.4, 0.5) is 0 Å². The molecule has 131 heavy (non-hydrogen) atoms. The van der Waals surface area contributed by atoms with Gasteiger partial charge in [-0.05, 0) is 108 Å². The molecule has 2 aromatic heterocycles. The molecule has 0 radical (unpaired) electrons. The number of hydrogen-bond acceptors (Lipinski definition) is 25. The van der Waals surface area contributed by atoms with Crippen LogP contribution in [0, 0.1) is 17.8 Å². The van der Waals surface area contributed by atoms with Gasteiger partial charge in [0.25, 0.3) is 0 Å². The number of carbonyl (C=O) groups is 18. The highest BCUT2D eigenvalue weighted by molar-refractivity contribution is 8.00. The van der Waals surface area contributed by atoms with Gasteiger partial charge in [-0.2, -0.15) is 0 Å². The fourth-order valence-corrected chi connectivity index (χ4v) is 14.3. The summed E-state index contributed by atoms with van der Waals surface area (Å²) in [6.45, 7) is 7.36. The van der Waals surface area contributed by atoms with Crippen molar-refractivity contribution in [3.05, 3.63) is 156 Å². The predicted molar refractivity (Wildman–Crippen MR) is 470 cm³/mol. The first kappa shape index (κ1) is 103. The first-order valence-electron chi connectivity index (χ1n) is 42.1. The fraction of sp³-hybridized carbons (Fsp3) is 0.442. The third-order valence-corrected chi connectivity index (χ3v) is 21.6. The molecule has 7 rings (SSSR count). The normalized spacial score (nSPS) is 22.4. The number of aromatic hydroxyl groups is 4. The first-order chi connectivity index (χ1) is 62.2. The molecule has 13 atom stereocenters. The maximum Gasteiger partial charge on any atom is 0.303 e. The number of aromatic amines is 2. The number of imidazole rings is 2. The molecule has 0 unspecified atom stereocenters. The summed E-state index contributed by atoms with van der Waals surface area (Å²) >= 11 is 0.721. The number of aromatic nitrogens is 4. The molecule has 4 aromatic carbocycles. The Labute approximate surface area is 756 Å². The standard InChI is InChI=1S/C86H113N21O23S/c1-7-46(6)74-86(130)106-59(27-45(4)5)79(123)100-60(28-47-8-16-53(108)17-9-47)76(120)93-38-70(114)96-57(24-25-73(117)118)78(122)99-58(26-44(2)3)75(119)92-39-71(115)98-67(77(121)91-37-69(88)113)40-131-41-72(116)97-61(29-48-10-18-54(109)19-11-48)80(124)103-65(33-52-36-90-43-95-52)84(128)104-64(32-51-35-89-42-94-51)83(127)102-62(30-49-12-20-55(110)21-13-49)81(125)101-63(31-50-14-22-56(111)23-15-50)82(126)105-66(34-68(87)112)85(129)107-74/h8-23,35-36,42-46,57-67,74,108-111H,7,24-34,37-41H2,1-6H3,(H2,87,112)(H2,88,113)(H,89,94)(H,90,95)(H,91,121)(H,92,119)(H,93,120)(H,96,114)(H,97,116)(H,98,115)(H,99,122)(H,100,123)(H,101,125)(H,102,127)(H,103,124)(H,104,128)(H,105,126)(H,106,130)(H,107,129)(H,117,118)/t46-,57-,58-,59-,60-,61-,62-,63-,64-,65-,66-,67-,74-/m0/s1. The Morgan fingerprint density at radius 1 is 0.412 bits per heavy atom. The van der Waals surface area contributed by atoms with Crippen LogP contribution >= 0.6 is 11.8 Å². The van der Waals surface area contributed by atoms with Crippen LogP contribution in [-0.2, 0) is 125 Å². The van der Waals surface area contributed by atoms with E-state index in [2.05, 4.69) is 99.7 Å². The van der Waals surface area contributed by atoms with E-state index < -0.39 is 267 Å². The lowest BCUT2D eigenvalue weighted by Crippen LogP contribution is -2.62. The molecule has 1 aliphatic heterocycles. The number of rotatable bonds is 26. The van der Waals surface area contributed by atoms with Crippen LogP contribution in [-0.4, -0.2) is 256 Å². The Morgan fingerprint density at radius 3 is 1.13 bits per heavy atom. The van der Waals surface area contributed by atoms with Crippen LogP contribution in [0.3, 0.4) is 0 Å². The Kier molecular flexibility index (Phi) is 40.5. The molecule has 6 aromatic rings. The molecule has 1 fully saturated rings. The minimum Gasteiger partial charge on any atom is -0.508 e. The summed E-state index contributed by atoms with van der Waals surface area (Å²) in [7, 11) is 0. The molecule has 0 spiro atoms. The number of H-pyrrole nitrogens is 2. The van der Waals surface area contributed by atoms with Gasteiger partial charge in [-0.3, -0.25) is 86.3 Å². The second-order valence-corrected chi connectivity index (χ2v) is 33.3. The number of phenols is 4. The van der Waals surface area contributed by atoms with Gasteiger partial charge in [-0.1, -0.05) is 96.5 Å². The highest BCUT2D eigenvalue weighted by Crippen LogP contribution is 2.21. The summed E-state index contributed by atoms with van der Waals surface area (Å²) in [4.78, 5) is 270. The monoisotopic (exact) mass is 1840 g/mol. The van der Waals surface area contributed by atoms with E-state index in [0.717, 1.165) is 11.8 Å². The zero-order valence-corrected chi connectivity index (χ0v) is 73.6. The highest BCUT2D eigenvalue weighted by atomic mass is 32.2. The quantitative estimate of drug-likeness (QED) is 0.0246. The molecule has 706 valence electrons. The van der Waals surface area contributed by atoms with Gasteiger partial charge in [-0.25, -0.2) is 9.97 Å². The van der Waals surface area contributed by atoms with Gasteiger partial charge >= 0.3 is 5.97 Å². The summed E-state index contributed by atoms with van der Waals surface area (Å²) in [6.07, 6.45) is 0.542. The van der Waals surface area contributed by atoms with E-state index in [9.17, 15) is 92.7 Å². The molecular formula is C86H113N21O23S. The van der Waals surface area contributed by atoms with Gasteiger partial charge in [0.1, 0.15) is 95.5 Å². The Bertz CT molecular complexity index is 4950. The largest absolute Gasteiger partial charge is 0.508 e. The summed E-state index contributed by atoms with van der Waals surface area (Å²) < 4.78 is 0. The molecule has 0 bridgehead atoms. The number of thioether (sulfide) groups is 1. The topological polar surface area (TPSA) is 698 Å². The average molecular weight is 1840 g/mol. The second-order valence-electron chi connectivity index (χ2n) is 32.2. The lowest BCUT2D eigenvalue weighted by Gasteiger charge is -2.30. The van der Waals surface area contributed by atoms with Crippen LogP contribution in [0.15, 0.2) is 122 Å². The summed E-state index contributed by atoms with van der Waals surface area (Å²) in [5, 5.41) is 88.6. The number of primary amides is 2. The van der Waals surface area contributed by atoms with Gasteiger partial charge in [-0.15, -0.1) is 11.8 Å². The van der Waals surface area contributed by atoms with Crippen molar-refractivity contribution in [2.45, 2.75) is 191 Å². The van der Waals surface area contributed by atoms with E-state index in [1.54, 1.807) is 41.5 Å². The summed E-state index contributed by atoms with van der Waals surface area (Å²) in [5.41, 5.74) is 12.7. The maximum atomic E-state index is 15.3. The minimum absolute atomic E-state index is 0.135. The number of benzene rings is 4. The van der Waals surface area contributed by atoms with Crippen molar-refractivity contribution in [1.82, 2.24) is 99.7 Å². The molecule has 44 nitrogen and oxygen atoms in total. The van der Waals surface area contributed by atoms with E-state index in [0.29, 0.717) is 16.7 Å². The molecule has 1 saturated heterocycles. The lowest BCUT2D eigenvalue weighted by atomic mass is 9.96. The summed E-state index contributed by atoms with van der Waals surface area (Å²) in [5.74, 6) is -22.8. The predicted octanol–water partition coefficient (Wildman–Crippen LogP) is -4.01.